The lowest BCUT2D eigenvalue weighted by molar-refractivity contribution is 0.406. The van der Waals surface area contributed by atoms with E-state index < -0.39 is 0 Å². The molecule has 0 aliphatic rings. The molecular formula is C22H19Cl2NOS. The van der Waals surface area contributed by atoms with Crippen LogP contribution in [0.15, 0.2) is 72.8 Å². The quantitative estimate of drug-likeness (QED) is 0.408. The van der Waals surface area contributed by atoms with Crippen LogP contribution in [-0.4, -0.2) is 12.2 Å². The molecule has 0 spiro atoms. The summed E-state index contributed by atoms with van der Waals surface area (Å²) in [5.74, 6) is 0. The van der Waals surface area contributed by atoms with Crippen LogP contribution < -0.4 is 4.90 Å². The van der Waals surface area contributed by atoms with Crippen molar-refractivity contribution >= 4 is 51.8 Å². The van der Waals surface area contributed by atoms with Gasteiger partial charge in [0.15, 0.2) is 5.05 Å². The van der Waals surface area contributed by atoms with Crippen molar-refractivity contribution in [2.75, 3.05) is 12.0 Å². The Bertz CT molecular complexity index is 910. The zero-order valence-electron chi connectivity index (χ0n) is 14.9. The average molecular weight is 416 g/mol. The van der Waals surface area contributed by atoms with Crippen molar-refractivity contribution in [3.05, 3.63) is 94.0 Å². The lowest BCUT2D eigenvalue weighted by Crippen LogP contribution is -2.19. The largest absolute Gasteiger partial charge is 0.490 e. The fraction of sp³-hybridized carbons (Fsp3) is 0.136. The standard InChI is InChI=1S/C22H19Cl2NOS/c1-26-21(27)14-17-10-5-6-13-20(17)25(15-16-8-3-2-4-9-16)22-18(23)11-7-12-19(22)24/h2-13H,14-15H2,1H3. The predicted molar refractivity (Wildman–Crippen MR) is 119 cm³/mol. The van der Waals surface area contributed by atoms with Gasteiger partial charge in [-0.25, -0.2) is 0 Å². The zero-order chi connectivity index (χ0) is 19.2. The van der Waals surface area contributed by atoms with Crippen LogP contribution >= 0.6 is 35.4 Å². The molecule has 0 saturated carbocycles. The fourth-order valence-electron chi connectivity index (χ4n) is 2.95. The molecule has 27 heavy (non-hydrogen) atoms. The Morgan fingerprint density at radius 2 is 1.52 bits per heavy atom. The van der Waals surface area contributed by atoms with Gasteiger partial charge in [0.25, 0.3) is 0 Å². The summed E-state index contributed by atoms with van der Waals surface area (Å²) in [7, 11) is 1.59. The van der Waals surface area contributed by atoms with Crippen LogP contribution in [0, 0.1) is 0 Å². The second kappa shape index (κ2) is 9.23. The number of hydrogen-bond donors (Lipinski definition) is 0. The van der Waals surface area contributed by atoms with Crippen LogP contribution in [0.1, 0.15) is 11.1 Å². The second-order valence-electron chi connectivity index (χ2n) is 6.02. The highest BCUT2D eigenvalue weighted by molar-refractivity contribution is 7.80. The molecule has 0 fully saturated rings. The van der Waals surface area contributed by atoms with Gasteiger partial charge >= 0.3 is 0 Å². The Hall–Kier alpha value is -2.07. The minimum Gasteiger partial charge on any atom is -0.490 e. The molecule has 3 rings (SSSR count). The predicted octanol–water partition coefficient (Wildman–Crippen LogP) is 6.85. The van der Waals surface area contributed by atoms with Crippen LogP contribution in [0.5, 0.6) is 0 Å². The first-order chi connectivity index (χ1) is 13.1. The second-order valence-corrected chi connectivity index (χ2v) is 7.29. The van der Waals surface area contributed by atoms with Gasteiger partial charge in [-0.2, -0.15) is 0 Å². The molecule has 2 nitrogen and oxygen atoms in total. The third-order valence-corrected chi connectivity index (χ3v) is 5.16. The maximum Gasteiger partial charge on any atom is 0.163 e. The number of halogens is 2. The third-order valence-electron chi connectivity index (χ3n) is 4.24. The molecular weight excluding hydrogens is 397 g/mol. The topological polar surface area (TPSA) is 12.5 Å². The number of thiocarbonyl (C=S) groups is 1. The Kier molecular flexibility index (Phi) is 6.73. The number of anilines is 2. The van der Waals surface area contributed by atoms with Gasteiger partial charge < -0.3 is 9.64 Å². The Morgan fingerprint density at radius 3 is 2.19 bits per heavy atom. The molecule has 3 aromatic rings. The van der Waals surface area contributed by atoms with Crippen molar-refractivity contribution in [2.24, 2.45) is 0 Å². The van der Waals surface area contributed by atoms with Gasteiger partial charge in [-0.1, -0.05) is 77.8 Å². The summed E-state index contributed by atoms with van der Waals surface area (Å²) in [4.78, 5) is 2.13. The number of rotatable bonds is 6. The van der Waals surface area contributed by atoms with Gasteiger partial charge in [-0.05, 0) is 41.5 Å². The molecule has 0 amide bonds. The SMILES string of the molecule is COC(=S)Cc1ccccc1N(Cc1ccccc1)c1c(Cl)cccc1Cl. The van der Waals surface area contributed by atoms with Gasteiger partial charge in [0.2, 0.25) is 0 Å². The average Bonchev–Trinajstić information content (AvgIpc) is 2.68. The Morgan fingerprint density at radius 1 is 0.889 bits per heavy atom. The lowest BCUT2D eigenvalue weighted by atomic mass is 10.1. The van der Waals surface area contributed by atoms with E-state index in [1.54, 1.807) is 7.11 Å². The molecule has 0 atom stereocenters. The van der Waals surface area contributed by atoms with E-state index in [-0.39, 0.29) is 0 Å². The van der Waals surface area contributed by atoms with E-state index >= 15 is 0 Å². The lowest BCUT2D eigenvalue weighted by Gasteiger charge is -2.29. The van der Waals surface area contributed by atoms with Crippen LogP contribution in [0.2, 0.25) is 10.0 Å². The summed E-state index contributed by atoms with van der Waals surface area (Å²) in [6.07, 6.45) is 0.537. The fourth-order valence-corrected chi connectivity index (χ4v) is 3.71. The number of methoxy groups -OCH3 is 1. The van der Waals surface area contributed by atoms with E-state index in [2.05, 4.69) is 23.1 Å². The monoisotopic (exact) mass is 415 g/mol. The zero-order valence-corrected chi connectivity index (χ0v) is 17.2. The van der Waals surface area contributed by atoms with Crippen molar-refractivity contribution in [1.29, 1.82) is 0 Å². The van der Waals surface area contributed by atoms with Crippen molar-refractivity contribution in [3.63, 3.8) is 0 Å². The minimum absolute atomic E-state index is 0.535. The van der Waals surface area contributed by atoms with E-state index in [0.717, 1.165) is 22.5 Å². The number of para-hydroxylation sites is 2. The van der Waals surface area contributed by atoms with E-state index in [9.17, 15) is 0 Å². The van der Waals surface area contributed by atoms with E-state index in [4.69, 9.17) is 40.2 Å². The summed E-state index contributed by atoms with van der Waals surface area (Å²) in [5.41, 5.74) is 3.98. The molecule has 0 bridgehead atoms. The van der Waals surface area contributed by atoms with Gasteiger partial charge in [0, 0.05) is 18.7 Å². The van der Waals surface area contributed by atoms with Crippen LogP contribution in [0.3, 0.4) is 0 Å². The highest BCUT2D eigenvalue weighted by Crippen LogP contribution is 2.40. The Labute approximate surface area is 175 Å². The molecule has 0 heterocycles. The first-order valence-electron chi connectivity index (χ1n) is 8.50. The molecule has 138 valence electrons. The third kappa shape index (κ3) is 4.81. The van der Waals surface area contributed by atoms with Gasteiger partial charge in [-0.3, -0.25) is 0 Å². The molecule has 0 N–H and O–H groups in total. The molecule has 5 heteroatoms. The number of ether oxygens (including phenoxy) is 1. The van der Waals surface area contributed by atoms with Crippen molar-refractivity contribution in [2.45, 2.75) is 13.0 Å². The smallest absolute Gasteiger partial charge is 0.163 e. The highest BCUT2D eigenvalue weighted by Gasteiger charge is 2.19. The minimum atomic E-state index is 0.535. The molecule has 0 aliphatic carbocycles. The van der Waals surface area contributed by atoms with Gasteiger partial charge in [-0.15, -0.1) is 0 Å². The highest BCUT2D eigenvalue weighted by atomic mass is 35.5. The number of benzene rings is 3. The maximum atomic E-state index is 6.55. The van der Waals surface area contributed by atoms with Crippen molar-refractivity contribution < 1.29 is 4.74 Å². The molecule has 0 aliphatic heterocycles. The normalized spacial score (nSPS) is 10.5. The molecule has 0 aromatic heterocycles. The van der Waals surface area contributed by atoms with E-state index in [0.29, 0.717) is 28.1 Å². The van der Waals surface area contributed by atoms with Crippen LogP contribution in [0.4, 0.5) is 11.4 Å². The Balaban J connectivity index is 2.12. The first kappa shape index (κ1) is 19.7. The summed E-state index contributed by atoms with van der Waals surface area (Å²) >= 11 is 18.4. The number of nitrogens with zero attached hydrogens (tertiary/aromatic N) is 1. The summed E-state index contributed by atoms with van der Waals surface area (Å²) in [6.45, 7) is 0.626. The molecule has 3 aromatic carbocycles. The molecule has 0 radical (unpaired) electrons. The van der Waals surface area contributed by atoms with Crippen LogP contribution in [0.25, 0.3) is 0 Å². The van der Waals surface area contributed by atoms with Crippen molar-refractivity contribution in [3.8, 4) is 0 Å². The van der Waals surface area contributed by atoms with Gasteiger partial charge in [0.05, 0.1) is 22.8 Å². The maximum absolute atomic E-state index is 6.55. The molecule has 0 saturated heterocycles. The van der Waals surface area contributed by atoms with E-state index in [1.807, 2.05) is 54.6 Å². The van der Waals surface area contributed by atoms with Crippen molar-refractivity contribution in [1.82, 2.24) is 0 Å². The number of hydrogen-bond acceptors (Lipinski definition) is 3. The first-order valence-corrected chi connectivity index (χ1v) is 9.66. The summed E-state index contributed by atoms with van der Waals surface area (Å²) in [6, 6.07) is 23.8. The van der Waals surface area contributed by atoms with E-state index in [1.165, 1.54) is 0 Å². The van der Waals surface area contributed by atoms with Gasteiger partial charge in [0.1, 0.15) is 0 Å². The van der Waals surface area contributed by atoms with Crippen LogP contribution in [-0.2, 0) is 17.7 Å². The summed E-state index contributed by atoms with van der Waals surface area (Å²) in [5, 5.41) is 1.73. The summed E-state index contributed by atoms with van der Waals surface area (Å²) < 4.78 is 5.22. The molecule has 0 unspecified atom stereocenters.